The second kappa shape index (κ2) is 11.8. The van der Waals surface area contributed by atoms with E-state index in [9.17, 15) is 0 Å². The highest BCUT2D eigenvalue weighted by Crippen LogP contribution is 2.92. The fourth-order valence-electron chi connectivity index (χ4n) is 0.800. The van der Waals surface area contributed by atoms with Crippen LogP contribution in [0.5, 0.6) is 0 Å². The zero-order valence-corrected chi connectivity index (χ0v) is 22.7. The van der Waals surface area contributed by atoms with E-state index in [-0.39, 0.29) is 21.6 Å². The van der Waals surface area contributed by atoms with Gasteiger partial charge in [-0.05, 0) is 24.6 Å². The van der Waals surface area contributed by atoms with Gasteiger partial charge in [0.1, 0.15) is 0 Å². The molecule has 0 aliphatic rings. The van der Waals surface area contributed by atoms with Crippen LogP contribution >= 0.6 is 82.1 Å². The minimum atomic E-state index is 0.138. The van der Waals surface area contributed by atoms with Gasteiger partial charge in [0.25, 0.3) is 0 Å². The molecule has 0 spiro atoms. The molecule has 112 valence electrons. The van der Waals surface area contributed by atoms with E-state index in [0.29, 0.717) is 10.3 Å². The molecule has 0 aromatic rings. The summed E-state index contributed by atoms with van der Waals surface area (Å²) in [5.41, 5.74) is 0. The fraction of sp³-hybridized carbons (Fsp3) is 1.00. The maximum atomic E-state index is 2.95. The Hall–Kier alpha value is 4.30. The summed E-state index contributed by atoms with van der Waals surface area (Å²) in [6.45, 7) is 14.1. The van der Waals surface area contributed by atoms with Crippen LogP contribution in [-0.2, 0) is 0 Å². The van der Waals surface area contributed by atoms with E-state index >= 15 is 0 Å². The van der Waals surface area contributed by atoms with Gasteiger partial charge in [0.2, 0.25) is 0 Å². The molecule has 9 atom stereocenters. The van der Waals surface area contributed by atoms with Crippen molar-refractivity contribution in [2.24, 2.45) is 0 Å². The molecule has 0 N–H and O–H groups in total. The summed E-state index contributed by atoms with van der Waals surface area (Å²) in [4.78, 5) is 0. The number of hydrogen-bond donors (Lipinski definition) is 0. The number of rotatable bonds is 3. The fourth-order valence-corrected chi connectivity index (χ4v) is 36.0. The molecule has 0 bridgehead atoms. The first kappa shape index (κ1) is 24.6. The molecule has 0 aliphatic heterocycles. The highest BCUT2D eigenvalue weighted by molar-refractivity contribution is 8.87. The maximum absolute atomic E-state index is 2.95. The van der Waals surface area contributed by atoms with Gasteiger partial charge >= 0.3 is 0 Å². The smallest absolute Gasteiger partial charge is 0.00958 e. The third-order valence-corrected chi connectivity index (χ3v) is 38.9. The summed E-state index contributed by atoms with van der Waals surface area (Å²) in [5, 5.41) is 1.06. The first-order valence-electron chi connectivity index (χ1n) is 5.45. The van der Waals surface area contributed by atoms with E-state index in [0.717, 1.165) is 15.9 Å². The second-order valence-electron chi connectivity index (χ2n) is 5.66. The van der Waals surface area contributed by atoms with E-state index < -0.39 is 0 Å². The van der Waals surface area contributed by atoms with Gasteiger partial charge in [0.05, 0.1) is 0 Å². The average molecular weight is 436 g/mol. The summed E-state index contributed by atoms with van der Waals surface area (Å²) in [7, 11) is 17.0. The third-order valence-electron chi connectivity index (χ3n) is 1.85. The van der Waals surface area contributed by atoms with Gasteiger partial charge in [0.15, 0.2) is 0 Å². The van der Waals surface area contributed by atoms with Crippen LogP contribution < -0.4 is 0 Å². The van der Waals surface area contributed by atoms with Crippen LogP contribution in [0.4, 0.5) is 0 Å². The highest BCUT2D eigenvalue weighted by atomic mass is 32.9. The highest BCUT2D eigenvalue weighted by Gasteiger charge is 2.25. The lowest BCUT2D eigenvalue weighted by Gasteiger charge is -2.32. The summed E-state index contributed by atoms with van der Waals surface area (Å²) >= 11 is 0. The first-order valence-corrected chi connectivity index (χ1v) is 22.3. The van der Waals surface area contributed by atoms with Crippen molar-refractivity contribution < 1.29 is 0 Å². The van der Waals surface area contributed by atoms with Crippen molar-refractivity contribution >= 4 is 82.1 Å². The zero-order chi connectivity index (χ0) is 15.1. The van der Waals surface area contributed by atoms with Crippen LogP contribution in [0.1, 0.15) is 41.5 Å². The Kier molecular flexibility index (Phi) is 16.1. The van der Waals surface area contributed by atoms with Gasteiger partial charge in [0, 0.05) is 0 Å². The molecule has 0 amide bonds. The predicted molar refractivity (Wildman–Crippen MR) is 125 cm³/mol. The largest absolute Gasteiger partial charge is 0.110 e. The Balaban J connectivity index is 0. The van der Waals surface area contributed by atoms with Crippen molar-refractivity contribution in [1.82, 2.24) is 0 Å². The van der Waals surface area contributed by atoms with E-state index in [2.05, 4.69) is 86.2 Å². The summed E-state index contributed by atoms with van der Waals surface area (Å²) < 4.78 is 0. The molecule has 0 radical (unpaired) electrons. The normalized spacial score (nSPS) is 17.3. The molecule has 0 nitrogen and oxygen atoms in total. The van der Waals surface area contributed by atoms with Crippen molar-refractivity contribution in [3.05, 3.63) is 0 Å². The summed E-state index contributed by atoms with van der Waals surface area (Å²) in [6.07, 6.45) is 0. The minimum absolute atomic E-state index is 0.138. The standard InChI is InChI=1S/C4H16P6.C4H14P4/c1-4(2,3)9(8-5)10(6)7;1-4(2,3)8(6)7-5/h8H,5-7H2,1-3H3;7H,5-6H2,1-3H3. The van der Waals surface area contributed by atoms with Crippen LogP contribution in [0.25, 0.3) is 0 Å². The lowest BCUT2D eigenvalue weighted by molar-refractivity contribution is 0.799. The van der Waals surface area contributed by atoms with Crippen molar-refractivity contribution in [3.8, 4) is 0 Å². The minimum Gasteiger partial charge on any atom is -0.110 e. The third kappa shape index (κ3) is 12.8. The second-order valence-corrected chi connectivity index (χ2v) is 34.5. The molecule has 0 aromatic heterocycles. The molecule has 18 heavy (non-hydrogen) atoms. The Morgan fingerprint density at radius 3 is 1.11 bits per heavy atom. The lowest BCUT2D eigenvalue weighted by Crippen LogP contribution is -2.05. The molecule has 0 saturated carbocycles. The Labute approximate surface area is 133 Å². The predicted octanol–water partition coefficient (Wildman–Crippen LogP) is 8.07. The Morgan fingerprint density at radius 1 is 0.722 bits per heavy atom. The van der Waals surface area contributed by atoms with Gasteiger partial charge in [-0.25, -0.2) is 0 Å². The monoisotopic (exact) mass is 436 g/mol. The molecule has 0 fully saturated rings. The lowest BCUT2D eigenvalue weighted by atomic mass is 10.3. The van der Waals surface area contributed by atoms with Gasteiger partial charge in [-0.15, -0.1) is 44.6 Å². The van der Waals surface area contributed by atoms with Crippen molar-refractivity contribution in [1.29, 1.82) is 0 Å². The van der Waals surface area contributed by atoms with E-state index in [4.69, 9.17) is 0 Å². The van der Waals surface area contributed by atoms with E-state index in [1.807, 2.05) is 0 Å². The molecule has 9 unspecified atom stereocenters. The van der Waals surface area contributed by atoms with E-state index in [1.54, 1.807) is 0 Å². The maximum Gasteiger partial charge on any atom is -0.00958 e. The summed E-state index contributed by atoms with van der Waals surface area (Å²) in [6, 6.07) is 0. The summed E-state index contributed by atoms with van der Waals surface area (Å²) in [5.74, 6) is 0. The molecule has 0 saturated heterocycles. The average Bonchev–Trinajstić information content (AvgIpc) is 2.13. The van der Waals surface area contributed by atoms with Gasteiger partial charge in [-0.3, -0.25) is 0 Å². The van der Waals surface area contributed by atoms with Crippen LogP contribution in [0.2, 0.25) is 0 Å². The quantitative estimate of drug-likeness (QED) is 0.393. The molecule has 0 heterocycles. The van der Waals surface area contributed by atoms with Crippen molar-refractivity contribution in [2.75, 3.05) is 0 Å². The SMILES string of the molecule is CC(C)(C)P(P)PP.CC(C)(C)P(PP)P(P)P. The van der Waals surface area contributed by atoms with Crippen LogP contribution in [0, 0.1) is 0 Å². The molecular formula is C8H30P10. The molecular weight excluding hydrogens is 406 g/mol. The van der Waals surface area contributed by atoms with E-state index in [1.165, 1.54) is 0 Å². The Morgan fingerprint density at radius 2 is 1.11 bits per heavy atom. The van der Waals surface area contributed by atoms with Gasteiger partial charge in [-0.1, -0.05) is 64.8 Å². The molecule has 0 rings (SSSR count). The molecule has 0 aromatic carbocycles. The van der Waals surface area contributed by atoms with Gasteiger partial charge in [-0.2, -0.15) is 0 Å². The van der Waals surface area contributed by atoms with Crippen LogP contribution in [-0.4, -0.2) is 10.3 Å². The van der Waals surface area contributed by atoms with Gasteiger partial charge < -0.3 is 0 Å². The van der Waals surface area contributed by atoms with Crippen molar-refractivity contribution in [3.63, 3.8) is 0 Å². The van der Waals surface area contributed by atoms with Crippen molar-refractivity contribution in [2.45, 2.75) is 51.9 Å². The topological polar surface area (TPSA) is 0 Å². The molecule has 10 heteroatoms. The van der Waals surface area contributed by atoms with Crippen LogP contribution in [0.15, 0.2) is 0 Å². The first-order chi connectivity index (χ1) is 7.87. The zero-order valence-electron chi connectivity index (χ0n) is 12.2. The van der Waals surface area contributed by atoms with Crippen LogP contribution in [0.3, 0.4) is 0 Å². The molecule has 0 aliphatic carbocycles. The number of hydrogen-bond acceptors (Lipinski definition) is 0. The Bertz CT molecular complexity index is 205.